The van der Waals surface area contributed by atoms with E-state index < -0.39 is 0 Å². The summed E-state index contributed by atoms with van der Waals surface area (Å²) in [5.74, 6) is 0.369. The van der Waals surface area contributed by atoms with Crippen molar-refractivity contribution in [3.8, 4) is 5.75 Å². The zero-order valence-corrected chi connectivity index (χ0v) is 8.42. The Bertz CT molecular complexity index is 333. The SMILES string of the molecule is NCc1cc2c(cc1O)CCCCC2. The van der Waals surface area contributed by atoms with Crippen LogP contribution in [0, 0.1) is 0 Å². The highest BCUT2D eigenvalue weighted by Gasteiger charge is 2.11. The van der Waals surface area contributed by atoms with Crippen LogP contribution in [0.4, 0.5) is 0 Å². The number of aryl methyl sites for hydroxylation is 2. The number of nitrogens with two attached hydrogens (primary N) is 1. The molecule has 0 aromatic heterocycles. The summed E-state index contributed by atoms with van der Waals surface area (Å²) >= 11 is 0. The normalized spacial score (nSPS) is 16.1. The number of fused-ring (bicyclic) bond motifs is 1. The maximum Gasteiger partial charge on any atom is 0.120 e. The third-order valence-corrected chi connectivity index (χ3v) is 3.01. The van der Waals surface area contributed by atoms with Gasteiger partial charge in [-0.3, -0.25) is 0 Å². The van der Waals surface area contributed by atoms with Crippen molar-refractivity contribution in [1.82, 2.24) is 0 Å². The molecule has 0 radical (unpaired) electrons. The van der Waals surface area contributed by atoms with Crippen molar-refractivity contribution in [3.05, 3.63) is 28.8 Å². The van der Waals surface area contributed by atoms with Crippen LogP contribution in [-0.4, -0.2) is 5.11 Å². The predicted molar refractivity (Wildman–Crippen MR) is 57.3 cm³/mol. The van der Waals surface area contributed by atoms with Gasteiger partial charge < -0.3 is 10.8 Å². The van der Waals surface area contributed by atoms with Crippen LogP contribution in [0.3, 0.4) is 0 Å². The molecule has 1 aliphatic rings. The molecule has 0 spiro atoms. The fraction of sp³-hybridized carbons (Fsp3) is 0.500. The fourth-order valence-corrected chi connectivity index (χ4v) is 2.16. The Morgan fingerprint density at radius 3 is 2.36 bits per heavy atom. The minimum absolute atomic E-state index is 0.369. The molecule has 0 saturated heterocycles. The van der Waals surface area contributed by atoms with E-state index in [9.17, 15) is 5.11 Å². The molecule has 14 heavy (non-hydrogen) atoms. The van der Waals surface area contributed by atoms with Crippen LogP contribution < -0.4 is 5.73 Å². The molecule has 2 heteroatoms. The highest BCUT2D eigenvalue weighted by Crippen LogP contribution is 2.27. The molecule has 0 saturated carbocycles. The van der Waals surface area contributed by atoms with E-state index in [1.54, 1.807) is 0 Å². The smallest absolute Gasteiger partial charge is 0.120 e. The largest absolute Gasteiger partial charge is 0.508 e. The van der Waals surface area contributed by atoms with Crippen molar-refractivity contribution in [3.63, 3.8) is 0 Å². The number of hydrogen-bond acceptors (Lipinski definition) is 2. The van der Waals surface area contributed by atoms with E-state index in [1.807, 2.05) is 6.07 Å². The molecular weight excluding hydrogens is 174 g/mol. The molecule has 76 valence electrons. The average Bonchev–Trinajstić information content (AvgIpc) is 2.41. The monoisotopic (exact) mass is 191 g/mol. The van der Waals surface area contributed by atoms with Crippen LogP contribution in [0.15, 0.2) is 12.1 Å². The highest BCUT2D eigenvalue weighted by atomic mass is 16.3. The Hall–Kier alpha value is -1.02. The first-order valence-electron chi connectivity index (χ1n) is 5.35. The lowest BCUT2D eigenvalue weighted by molar-refractivity contribution is 0.467. The molecule has 0 aliphatic heterocycles. The molecule has 0 fully saturated rings. The molecule has 1 aliphatic carbocycles. The third-order valence-electron chi connectivity index (χ3n) is 3.01. The lowest BCUT2D eigenvalue weighted by Crippen LogP contribution is -2.00. The summed E-state index contributed by atoms with van der Waals surface area (Å²) in [6.45, 7) is 0.430. The van der Waals surface area contributed by atoms with Crippen LogP contribution in [-0.2, 0) is 19.4 Å². The number of benzene rings is 1. The van der Waals surface area contributed by atoms with Gasteiger partial charge in [0.2, 0.25) is 0 Å². The Balaban J connectivity index is 2.41. The first-order chi connectivity index (χ1) is 6.81. The molecule has 1 aromatic rings. The molecule has 2 rings (SSSR count). The summed E-state index contributed by atoms with van der Waals surface area (Å²) in [4.78, 5) is 0. The van der Waals surface area contributed by atoms with Crippen molar-refractivity contribution in [1.29, 1.82) is 0 Å². The Labute approximate surface area is 84.7 Å². The van der Waals surface area contributed by atoms with Gasteiger partial charge in [0.25, 0.3) is 0 Å². The summed E-state index contributed by atoms with van der Waals surface area (Å²) in [5, 5.41) is 9.68. The van der Waals surface area contributed by atoms with E-state index in [-0.39, 0.29) is 0 Å². The number of rotatable bonds is 1. The summed E-state index contributed by atoms with van der Waals surface area (Å²) in [7, 11) is 0. The fourth-order valence-electron chi connectivity index (χ4n) is 2.16. The third kappa shape index (κ3) is 1.75. The number of aromatic hydroxyl groups is 1. The maximum absolute atomic E-state index is 9.68. The molecule has 0 bridgehead atoms. The van der Waals surface area contributed by atoms with E-state index in [0.29, 0.717) is 12.3 Å². The van der Waals surface area contributed by atoms with Crippen molar-refractivity contribution in [2.75, 3.05) is 0 Å². The number of phenolic OH excluding ortho intramolecular Hbond substituents is 1. The average molecular weight is 191 g/mol. The van der Waals surface area contributed by atoms with Gasteiger partial charge in [-0.2, -0.15) is 0 Å². The molecule has 0 amide bonds. The van der Waals surface area contributed by atoms with Gasteiger partial charge in [0.05, 0.1) is 0 Å². The molecular formula is C12H17NO. The zero-order valence-electron chi connectivity index (χ0n) is 8.42. The summed E-state index contributed by atoms with van der Waals surface area (Å²) in [6.07, 6.45) is 6.06. The Morgan fingerprint density at radius 1 is 1.07 bits per heavy atom. The highest BCUT2D eigenvalue weighted by molar-refractivity contribution is 5.42. The van der Waals surface area contributed by atoms with Crippen LogP contribution >= 0.6 is 0 Å². The number of hydrogen-bond donors (Lipinski definition) is 2. The van der Waals surface area contributed by atoms with E-state index >= 15 is 0 Å². The van der Waals surface area contributed by atoms with Gasteiger partial charge in [-0.05, 0) is 42.9 Å². The first kappa shape index (κ1) is 9.53. The second kappa shape index (κ2) is 4.01. The van der Waals surface area contributed by atoms with Crippen LogP contribution in [0.1, 0.15) is 36.0 Å². The van der Waals surface area contributed by atoms with Gasteiger partial charge in [-0.15, -0.1) is 0 Å². The van der Waals surface area contributed by atoms with E-state index in [1.165, 1.54) is 30.4 Å². The Morgan fingerprint density at radius 2 is 1.71 bits per heavy atom. The standard InChI is InChI=1S/C12H17NO/c13-8-11-6-9-4-2-1-3-5-10(9)7-12(11)14/h6-7,14H,1-5,8,13H2. The quantitative estimate of drug-likeness (QED) is 0.668. The van der Waals surface area contributed by atoms with E-state index in [2.05, 4.69) is 6.07 Å². The van der Waals surface area contributed by atoms with Gasteiger partial charge in [0.15, 0.2) is 0 Å². The summed E-state index contributed by atoms with van der Waals surface area (Å²) in [6, 6.07) is 3.98. The van der Waals surface area contributed by atoms with Crippen molar-refractivity contribution in [2.45, 2.75) is 38.6 Å². The first-order valence-corrected chi connectivity index (χ1v) is 5.35. The topological polar surface area (TPSA) is 46.2 Å². The van der Waals surface area contributed by atoms with Gasteiger partial charge >= 0.3 is 0 Å². The van der Waals surface area contributed by atoms with Crippen LogP contribution in [0.5, 0.6) is 5.75 Å². The lowest BCUT2D eigenvalue weighted by atomic mass is 9.99. The molecule has 0 unspecified atom stereocenters. The second-order valence-corrected chi connectivity index (χ2v) is 4.01. The summed E-state index contributed by atoms with van der Waals surface area (Å²) < 4.78 is 0. The maximum atomic E-state index is 9.68. The van der Waals surface area contributed by atoms with Gasteiger partial charge in [-0.1, -0.05) is 12.5 Å². The van der Waals surface area contributed by atoms with Gasteiger partial charge in [0, 0.05) is 12.1 Å². The van der Waals surface area contributed by atoms with Crippen LogP contribution in [0.2, 0.25) is 0 Å². The van der Waals surface area contributed by atoms with Crippen molar-refractivity contribution in [2.24, 2.45) is 5.73 Å². The summed E-state index contributed by atoms with van der Waals surface area (Å²) in [5.41, 5.74) is 9.15. The van der Waals surface area contributed by atoms with Crippen molar-refractivity contribution >= 4 is 0 Å². The van der Waals surface area contributed by atoms with Gasteiger partial charge in [-0.25, -0.2) is 0 Å². The number of phenols is 1. The van der Waals surface area contributed by atoms with E-state index in [4.69, 9.17) is 5.73 Å². The van der Waals surface area contributed by atoms with Crippen molar-refractivity contribution < 1.29 is 5.11 Å². The van der Waals surface area contributed by atoms with Gasteiger partial charge in [0.1, 0.15) is 5.75 Å². The second-order valence-electron chi connectivity index (χ2n) is 4.01. The molecule has 0 atom stereocenters. The molecule has 2 nitrogen and oxygen atoms in total. The van der Waals surface area contributed by atoms with E-state index in [0.717, 1.165) is 18.4 Å². The molecule has 3 N–H and O–H groups in total. The Kier molecular flexibility index (Phi) is 2.73. The minimum atomic E-state index is 0.369. The zero-order chi connectivity index (χ0) is 9.97. The molecule has 0 heterocycles. The predicted octanol–water partition coefficient (Wildman–Crippen LogP) is 2.12. The minimum Gasteiger partial charge on any atom is -0.508 e. The lowest BCUT2D eigenvalue weighted by Gasteiger charge is -2.09. The van der Waals surface area contributed by atoms with Crippen LogP contribution in [0.25, 0.3) is 0 Å². The molecule has 1 aromatic carbocycles.